The molecule has 1 unspecified atom stereocenters. The molecule has 0 aliphatic heterocycles. The van der Waals surface area contributed by atoms with Crippen LogP contribution in [0.3, 0.4) is 0 Å². The van der Waals surface area contributed by atoms with Gasteiger partial charge in [0.05, 0.1) is 0 Å². The summed E-state index contributed by atoms with van der Waals surface area (Å²) in [5, 5.41) is 2.93. The van der Waals surface area contributed by atoms with E-state index in [9.17, 15) is 8.78 Å². The normalized spacial score (nSPS) is 12.3. The molecule has 0 radical (unpaired) electrons. The molecule has 106 valence electrons. The maximum absolute atomic E-state index is 13.7. The van der Waals surface area contributed by atoms with Crippen LogP contribution in [0.15, 0.2) is 30.3 Å². The quantitative estimate of drug-likeness (QED) is 0.825. The number of anilines is 1. The second-order valence-corrected chi connectivity index (χ2v) is 5.26. The third-order valence-electron chi connectivity index (χ3n) is 3.67. The standard InChI is InChI=1S/C17H19F2N/c1-10-8-12(3)14(9-11(10)2)13(4)20-17-15(18)6-5-7-16(17)19/h5-9,13,20H,1-4H3. The fraction of sp³-hybridized carbons (Fsp3) is 0.294. The first-order chi connectivity index (χ1) is 9.40. The Morgan fingerprint density at radius 2 is 1.45 bits per heavy atom. The van der Waals surface area contributed by atoms with E-state index >= 15 is 0 Å². The average Bonchev–Trinajstić information content (AvgIpc) is 2.38. The first-order valence-electron chi connectivity index (χ1n) is 6.68. The van der Waals surface area contributed by atoms with Crippen LogP contribution in [-0.4, -0.2) is 0 Å². The average molecular weight is 275 g/mol. The molecule has 0 fully saturated rings. The van der Waals surface area contributed by atoms with Gasteiger partial charge in [-0.15, -0.1) is 0 Å². The summed E-state index contributed by atoms with van der Waals surface area (Å²) in [6.07, 6.45) is 0. The Balaban J connectivity index is 2.33. The van der Waals surface area contributed by atoms with Gasteiger partial charge >= 0.3 is 0 Å². The highest BCUT2D eigenvalue weighted by Crippen LogP contribution is 2.27. The number of rotatable bonds is 3. The lowest BCUT2D eigenvalue weighted by molar-refractivity contribution is 0.584. The van der Waals surface area contributed by atoms with Crippen LogP contribution in [0.2, 0.25) is 0 Å². The van der Waals surface area contributed by atoms with E-state index in [1.165, 1.54) is 29.3 Å². The van der Waals surface area contributed by atoms with Crippen LogP contribution in [-0.2, 0) is 0 Å². The largest absolute Gasteiger partial charge is 0.374 e. The molecule has 20 heavy (non-hydrogen) atoms. The van der Waals surface area contributed by atoms with E-state index in [-0.39, 0.29) is 11.7 Å². The molecule has 2 aromatic rings. The number of para-hydroxylation sites is 1. The fourth-order valence-electron chi connectivity index (χ4n) is 2.38. The number of hydrogen-bond donors (Lipinski definition) is 1. The summed E-state index contributed by atoms with van der Waals surface area (Å²) in [4.78, 5) is 0. The monoisotopic (exact) mass is 275 g/mol. The molecular formula is C17H19F2N. The molecule has 1 atom stereocenters. The molecular weight excluding hydrogens is 256 g/mol. The predicted octanol–water partition coefficient (Wildman–Crippen LogP) is 5.06. The topological polar surface area (TPSA) is 12.0 Å². The lowest BCUT2D eigenvalue weighted by atomic mass is 9.96. The summed E-state index contributed by atoms with van der Waals surface area (Å²) < 4.78 is 27.3. The van der Waals surface area contributed by atoms with Crippen LogP contribution in [0.1, 0.15) is 35.2 Å². The highest BCUT2D eigenvalue weighted by molar-refractivity contribution is 5.49. The van der Waals surface area contributed by atoms with Gasteiger partial charge in [0.15, 0.2) is 0 Å². The van der Waals surface area contributed by atoms with Crippen molar-refractivity contribution in [3.8, 4) is 0 Å². The smallest absolute Gasteiger partial charge is 0.149 e. The lowest BCUT2D eigenvalue weighted by Gasteiger charge is -2.20. The van der Waals surface area contributed by atoms with Crippen LogP contribution in [0, 0.1) is 32.4 Å². The molecule has 0 spiro atoms. The van der Waals surface area contributed by atoms with Crippen molar-refractivity contribution in [3.63, 3.8) is 0 Å². The van der Waals surface area contributed by atoms with Gasteiger partial charge in [0.25, 0.3) is 0 Å². The van der Waals surface area contributed by atoms with Gasteiger partial charge in [-0.25, -0.2) is 8.78 Å². The first kappa shape index (κ1) is 14.5. The number of halogens is 2. The minimum absolute atomic E-state index is 0.0716. The maximum Gasteiger partial charge on any atom is 0.149 e. The number of aryl methyl sites for hydroxylation is 3. The van der Waals surface area contributed by atoms with Gasteiger partial charge in [-0.2, -0.15) is 0 Å². The summed E-state index contributed by atoms with van der Waals surface area (Å²) in [7, 11) is 0. The van der Waals surface area contributed by atoms with Gasteiger partial charge < -0.3 is 5.32 Å². The van der Waals surface area contributed by atoms with Crippen LogP contribution in [0.25, 0.3) is 0 Å². The van der Waals surface area contributed by atoms with Crippen LogP contribution in [0.5, 0.6) is 0 Å². The summed E-state index contributed by atoms with van der Waals surface area (Å²) in [6, 6.07) is 7.88. The van der Waals surface area contributed by atoms with E-state index in [1.807, 2.05) is 20.8 Å². The van der Waals surface area contributed by atoms with Gasteiger partial charge in [-0.1, -0.05) is 18.2 Å². The molecule has 0 saturated heterocycles. The Labute approximate surface area is 118 Å². The van der Waals surface area contributed by atoms with Crippen molar-refractivity contribution in [3.05, 3.63) is 64.2 Å². The van der Waals surface area contributed by atoms with Crippen LogP contribution >= 0.6 is 0 Å². The second kappa shape index (κ2) is 5.61. The van der Waals surface area contributed by atoms with Gasteiger partial charge in [-0.3, -0.25) is 0 Å². The molecule has 3 heteroatoms. The Morgan fingerprint density at radius 3 is 2.05 bits per heavy atom. The highest BCUT2D eigenvalue weighted by Gasteiger charge is 2.14. The van der Waals surface area contributed by atoms with Crippen LogP contribution in [0.4, 0.5) is 14.5 Å². The van der Waals surface area contributed by atoms with E-state index < -0.39 is 11.6 Å². The molecule has 1 N–H and O–H groups in total. The number of benzene rings is 2. The van der Waals surface area contributed by atoms with Crippen molar-refractivity contribution in [1.29, 1.82) is 0 Å². The van der Waals surface area contributed by atoms with Crippen molar-refractivity contribution < 1.29 is 8.78 Å². The molecule has 1 nitrogen and oxygen atoms in total. The van der Waals surface area contributed by atoms with E-state index in [2.05, 4.69) is 24.4 Å². The second-order valence-electron chi connectivity index (χ2n) is 5.26. The molecule has 0 heterocycles. The molecule has 0 aliphatic carbocycles. The van der Waals surface area contributed by atoms with Crippen molar-refractivity contribution >= 4 is 5.69 Å². The zero-order valence-corrected chi connectivity index (χ0v) is 12.2. The van der Waals surface area contributed by atoms with Crippen molar-refractivity contribution in [2.45, 2.75) is 33.7 Å². The van der Waals surface area contributed by atoms with E-state index in [0.29, 0.717) is 0 Å². The molecule has 0 aliphatic rings. The van der Waals surface area contributed by atoms with Gasteiger partial charge in [-0.05, 0) is 62.1 Å². The number of nitrogens with one attached hydrogen (secondary N) is 1. The summed E-state index contributed by atoms with van der Waals surface area (Å²) >= 11 is 0. The Bertz CT molecular complexity index is 615. The van der Waals surface area contributed by atoms with E-state index in [4.69, 9.17) is 0 Å². The molecule has 0 bridgehead atoms. The maximum atomic E-state index is 13.7. The SMILES string of the molecule is Cc1cc(C)c(C(C)Nc2c(F)cccc2F)cc1C. The minimum atomic E-state index is -0.571. The number of hydrogen-bond acceptors (Lipinski definition) is 1. The van der Waals surface area contributed by atoms with Gasteiger partial charge in [0.2, 0.25) is 0 Å². The van der Waals surface area contributed by atoms with Crippen molar-refractivity contribution in [1.82, 2.24) is 0 Å². The molecule has 2 aromatic carbocycles. The summed E-state index contributed by atoms with van der Waals surface area (Å²) in [5.41, 5.74) is 4.49. The Hall–Kier alpha value is -1.90. The zero-order chi connectivity index (χ0) is 14.9. The van der Waals surface area contributed by atoms with Crippen LogP contribution < -0.4 is 5.32 Å². The molecule has 2 rings (SSSR count). The van der Waals surface area contributed by atoms with E-state index in [1.54, 1.807) is 0 Å². The minimum Gasteiger partial charge on any atom is -0.374 e. The van der Waals surface area contributed by atoms with Crippen molar-refractivity contribution in [2.75, 3.05) is 5.32 Å². The third-order valence-corrected chi connectivity index (χ3v) is 3.67. The molecule has 0 amide bonds. The predicted molar refractivity (Wildman–Crippen MR) is 79.0 cm³/mol. The summed E-state index contributed by atoms with van der Waals surface area (Å²) in [6.45, 7) is 8.01. The summed E-state index contributed by atoms with van der Waals surface area (Å²) in [5.74, 6) is -1.14. The fourth-order valence-corrected chi connectivity index (χ4v) is 2.38. The Kier molecular flexibility index (Phi) is 4.07. The Morgan fingerprint density at radius 1 is 0.900 bits per heavy atom. The zero-order valence-electron chi connectivity index (χ0n) is 12.2. The van der Waals surface area contributed by atoms with E-state index in [0.717, 1.165) is 11.1 Å². The molecule has 0 saturated carbocycles. The highest BCUT2D eigenvalue weighted by atomic mass is 19.1. The lowest BCUT2D eigenvalue weighted by Crippen LogP contribution is -2.11. The van der Waals surface area contributed by atoms with Gasteiger partial charge in [0, 0.05) is 6.04 Å². The van der Waals surface area contributed by atoms with Crippen molar-refractivity contribution in [2.24, 2.45) is 0 Å². The first-order valence-corrected chi connectivity index (χ1v) is 6.68. The third kappa shape index (κ3) is 2.82. The molecule has 0 aromatic heterocycles. The van der Waals surface area contributed by atoms with Gasteiger partial charge in [0.1, 0.15) is 17.3 Å².